The maximum absolute atomic E-state index is 13.6. The smallest absolute Gasteiger partial charge is 0.359 e. The van der Waals surface area contributed by atoms with Crippen molar-refractivity contribution >= 4 is 29.5 Å². The van der Waals surface area contributed by atoms with Crippen LogP contribution in [0.15, 0.2) is 102 Å². The van der Waals surface area contributed by atoms with Crippen molar-refractivity contribution < 1.29 is 28.6 Å². The fraction of sp³-hybridized carbons (Fsp3) is 0.207. The van der Waals surface area contributed by atoms with Gasteiger partial charge < -0.3 is 19.5 Å². The topological polar surface area (TPSA) is 94.2 Å². The summed E-state index contributed by atoms with van der Waals surface area (Å²) in [6.07, 6.45) is -0.675. The Bertz CT molecular complexity index is 1290. The molecule has 2 heterocycles. The lowest BCUT2D eigenvalue weighted by Gasteiger charge is -2.49. The van der Waals surface area contributed by atoms with Crippen molar-refractivity contribution in [1.29, 1.82) is 0 Å². The highest BCUT2D eigenvalue weighted by atomic mass is 32.2. The minimum atomic E-state index is -0.785. The van der Waals surface area contributed by atoms with Gasteiger partial charge in [0.1, 0.15) is 22.9 Å². The summed E-state index contributed by atoms with van der Waals surface area (Å²) < 4.78 is 17.0. The van der Waals surface area contributed by atoms with Crippen LogP contribution in [0.25, 0.3) is 0 Å². The van der Waals surface area contributed by atoms with Gasteiger partial charge in [0.2, 0.25) is 0 Å². The number of para-hydroxylation sites is 1. The first-order valence-corrected chi connectivity index (χ1v) is 13.1. The van der Waals surface area contributed by atoms with Crippen LogP contribution in [0.1, 0.15) is 17.2 Å². The molecule has 1 fully saturated rings. The third kappa shape index (κ3) is 5.24. The monoisotopic (exact) mass is 530 g/mol. The number of benzene rings is 3. The van der Waals surface area contributed by atoms with E-state index in [1.807, 2.05) is 66.7 Å². The first kappa shape index (κ1) is 25.4. The molecule has 38 heavy (non-hydrogen) atoms. The molecule has 0 aliphatic carbocycles. The van der Waals surface area contributed by atoms with Crippen LogP contribution in [0.2, 0.25) is 0 Å². The molecule has 5 rings (SSSR count). The van der Waals surface area contributed by atoms with Crippen LogP contribution in [-0.4, -0.2) is 53.6 Å². The Hall–Kier alpha value is -4.24. The number of methoxy groups -OCH3 is 1. The molecular weight excluding hydrogens is 504 g/mol. The molecule has 9 heteroatoms. The molecule has 3 aromatic rings. The molecule has 0 saturated carbocycles. The normalized spacial score (nSPS) is 18.4. The van der Waals surface area contributed by atoms with E-state index >= 15 is 0 Å². The fourth-order valence-corrected chi connectivity index (χ4v) is 5.68. The minimum absolute atomic E-state index is 0.0594. The van der Waals surface area contributed by atoms with Gasteiger partial charge in [-0.25, -0.2) is 4.79 Å². The van der Waals surface area contributed by atoms with Crippen molar-refractivity contribution in [2.24, 2.45) is 0 Å². The molecule has 0 unspecified atom stereocenters. The summed E-state index contributed by atoms with van der Waals surface area (Å²) in [5.41, 5.74) is 1.66. The number of nitrogens with one attached hydrogen (secondary N) is 1. The van der Waals surface area contributed by atoms with E-state index in [1.54, 1.807) is 24.3 Å². The number of fused-ring (bicyclic) bond motifs is 1. The van der Waals surface area contributed by atoms with Crippen molar-refractivity contribution in [3.8, 4) is 5.75 Å². The third-order valence-corrected chi connectivity index (χ3v) is 7.49. The second kappa shape index (κ2) is 11.4. The quantitative estimate of drug-likeness (QED) is 0.333. The molecule has 2 atom stereocenters. The number of carbonyl (C=O) groups excluding carboxylic acids is 3. The van der Waals surface area contributed by atoms with Crippen LogP contribution in [0, 0.1) is 0 Å². The summed E-state index contributed by atoms with van der Waals surface area (Å²) in [6.45, 7) is -0.227. The Morgan fingerprint density at radius 2 is 1.53 bits per heavy atom. The number of hydrogen-bond acceptors (Lipinski definition) is 7. The summed E-state index contributed by atoms with van der Waals surface area (Å²) in [5, 5.41) is 2.27. The molecule has 1 saturated heterocycles. The van der Waals surface area contributed by atoms with E-state index < -0.39 is 35.3 Å². The van der Waals surface area contributed by atoms with Crippen molar-refractivity contribution in [2.75, 3.05) is 19.5 Å². The van der Waals surface area contributed by atoms with Crippen LogP contribution in [0.5, 0.6) is 5.75 Å². The summed E-state index contributed by atoms with van der Waals surface area (Å²) in [4.78, 5) is 40.6. The molecule has 0 bridgehead atoms. The molecule has 0 radical (unpaired) electrons. The van der Waals surface area contributed by atoms with Gasteiger partial charge in [0.05, 0.1) is 12.9 Å². The Morgan fingerprint density at radius 1 is 0.947 bits per heavy atom. The van der Waals surface area contributed by atoms with Gasteiger partial charge in [-0.1, -0.05) is 78.9 Å². The predicted molar refractivity (Wildman–Crippen MR) is 142 cm³/mol. The standard InChI is InChI=1S/C29H26N2O6S/c1-35-22-18-38-28-24(30-23(32)17-36-21-15-9-4-10-16-21)27(33)31(28)25(22)29(34)37-26(19-11-5-2-6-12-19)20-13-7-3-8-14-20/h2-16,24,26,28H,17-18H2,1H3,(H,30,32)/t24-,28+/m0/s1. The van der Waals surface area contributed by atoms with Crippen LogP contribution >= 0.6 is 11.8 Å². The maximum atomic E-state index is 13.6. The van der Waals surface area contributed by atoms with Gasteiger partial charge >= 0.3 is 5.97 Å². The number of carbonyl (C=O) groups is 3. The van der Waals surface area contributed by atoms with Crippen molar-refractivity contribution in [2.45, 2.75) is 17.5 Å². The number of β-lactam (4-membered cyclic amide) rings is 1. The lowest BCUT2D eigenvalue weighted by Crippen LogP contribution is -2.71. The van der Waals surface area contributed by atoms with Gasteiger partial charge in [-0.15, -0.1) is 11.8 Å². The van der Waals surface area contributed by atoms with Gasteiger partial charge in [0.25, 0.3) is 11.8 Å². The van der Waals surface area contributed by atoms with Gasteiger partial charge in [-0.3, -0.25) is 14.5 Å². The largest absolute Gasteiger partial charge is 0.498 e. The maximum Gasteiger partial charge on any atom is 0.359 e. The Kier molecular flexibility index (Phi) is 7.65. The van der Waals surface area contributed by atoms with Crippen molar-refractivity contribution in [3.05, 3.63) is 114 Å². The van der Waals surface area contributed by atoms with E-state index in [0.29, 0.717) is 17.3 Å². The van der Waals surface area contributed by atoms with Crippen LogP contribution in [0.3, 0.4) is 0 Å². The second-order valence-corrected chi connectivity index (χ2v) is 9.74. The van der Waals surface area contributed by atoms with Gasteiger partial charge in [-0.2, -0.15) is 0 Å². The zero-order valence-electron chi connectivity index (χ0n) is 20.6. The van der Waals surface area contributed by atoms with E-state index in [9.17, 15) is 14.4 Å². The molecule has 0 spiro atoms. The first-order valence-electron chi connectivity index (χ1n) is 12.1. The SMILES string of the molecule is COC1=C(C(=O)OC(c2ccccc2)c2ccccc2)N2C(=O)[C@H](NC(=O)COc3ccccc3)[C@H]2SC1. The highest BCUT2D eigenvalue weighted by molar-refractivity contribution is 8.00. The number of hydrogen-bond donors (Lipinski definition) is 1. The number of nitrogens with zero attached hydrogens (tertiary/aromatic N) is 1. The molecule has 194 valence electrons. The summed E-state index contributed by atoms with van der Waals surface area (Å²) in [6, 6.07) is 27.0. The van der Waals surface area contributed by atoms with Crippen LogP contribution in [0.4, 0.5) is 0 Å². The molecule has 2 aliphatic rings. The van der Waals surface area contributed by atoms with E-state index in [4.69, 9.17) is 14.2 Å². The zero-order valence-corrected chi connectivity index (χ0v) is 21.4. The lowest BCUT2D eigenvalue weighted by molar-refractivity contribution is -0.155. The highest BCUT2D eigenvalue weighted by Crippen LogP contribution is 2.41. The number of rotatable bonds is 9. The number of amides is 2. The lowest BCUT2D eigenvalue weighted by atomic mass is 10.0. The molecule has 1 N–H and O–H groups in total. The second-order valence-electron chi connectivity index (χ2n) is 8.64. The average Bonchev–Trinajstić information content (AvgIpc) is 2.98. The average molecular weight is 531 g/mol. The van der Waals surface area contributed by atoms with Crippen molar-refractivity contribution in [1.82, 2.24) is 10.2 Å². The Balaban J connectivity index is 1.31. The molecular formula is C29H26N2O6S. The summed E-state index contributed by atoms with van der Waals surface area (Å²) in [7, 11) is 1.46. The zero-order chi connectivity index (χ0) is 26.5. The van der Waals surface area contributed by atoms with Gasteiger partial charge in [-0.05, 0) is 23.3 Å². The van der Waals surface area contributed by atoms with Crippen LogP contribution < -0.4 is 10.1 Å². The molecule has 2 aliphatic heterocycles. The predicted octanol–water partition coefficient (Wildman–Crippen LogP) is 3.66. The Morgan fingerprint density at radius 3 is 2.11 bits per heavy atom. The fourth-order valence-electron chi connectivity index (χ4n) is 4.36. The van der Waals surface area contributed by atoms with Crippen molar-refractivity contribution in [3.63, 3.8) is 0 Å². The van der Waals surface area contributed by atoms with E-state index in [2.05, 4.69) is 5.32 Å². The first-order chi connectivity index (χ1) is 18.6. The highest BCUT2D eigenvalue weighted by Gasteiger charge is 2.55. The Labute approximate surface area is 224 Å². The summed E-state index contributed by atoms with van der Waals surface area (Å²) in [5.74, 6) is -0.250. The third-order valence-electron chi connectivity index (χ3n) is 6.23. The number of esters is 1. The molecule has 8 nitrogen and oxygen atoms in total. The number of ether oxygens (including phenoxy) is 3. The minimum Gasteiger partial charge on any atom is -0.498 e. The van der Waals surface area contributed by atoms with Crippen LogP contribution in [-0.2, 0) is 23.9 Å². The van der Waals surface area contributed by atoms with E-state index in [1.165, 1.54) is 23.8 Å². The van der Waals surface area contributed by atoms with E-state index in [0.717, 1.165) is 11.1 Å². The van der Waals surface area contributed by atoms with Gasteiger partial charge in [0, 0.05) is 0 Å². The molecule has 0 aromatic heterocycles. The van der Waals surface area contributed by atoms with E-state index in [-0.39, 0.29) is 12.3 Å². The molecule has 2 amide bonds. The number of thioether (sulfide) groups is 1. The summed E-state index contributed by atoms with van der Waals surface area (Å²) >= 11 is 1.41. The van der Waals surface area contributed by atoms with Gasteiger partial charge in [0.15, 0.2) is 18.4 Å². The molecule has 3 aromatic carbocycles.